The van der Waals surface area contributed by atoms with Gasteiger partial charge in [-0.15, -0.1) is 0 Å². The van der Waals surface area contributed by atoms with Gasteiger partial charge >= 0.3 is 6.03 Å². The van der Waals surface area contributed by atoms with Crippen LogP contribution in [-0.4, -0.2) is 34.3 Å². The smallest absolute Gasteiger partial charge is 0.315 e. The van der Waals surface area contributed by atoms with Crippen LogP contribution in [0.25, 0.3) is 5.69 Å². The maximum Gasteiger partial charge on any atom is 0.315 e. The Labute approximate surface area is 142 Å². The van der Waals surface area contributed by atoms with Crippen molar-refractivity contribution >= 4 is 11.9 Å². The summed E-state index contributed by atoms with van der Waals surface area (Å²) in [5, 5.41) is 11.9. The average Bonchev–Trinajstić information content (AvgIpc) is 3.04. The molecule has 1 aliphatic rings. The maximum atomic E-state index is 13.7. The van der Waals surface area contributed by atoms with E-state index >= 15 is 0 Å². The van der Waals surface area contributed by atoms with Crippen LogP contribution in [-0.2, 0) is 11.3 Å². The number of para-hydroxylation sites is 1. The van der Waals surface area contributed by atoms with Gasteiger partial charge in [0.15, 0.2) is 11.6 Å². The molecular formula is C16H17F2N5O2. The lowest BCUT2D eigenvalue weighted by Crippen LogP contribution is -2.52. The van der Waals surface area contributed by atoms with Crippen molar-refractivity contribution in [2.24, 2.45) is 0 Å². The Morgan fingerprint density at radius 3 is 2.80 bits per heavy atom. The number of aromatic nitrogens is 2. The highest BCUT2D eigenvalue weighted by molar-refractivity contribution is 5.87. The lowest BCUT2D eigenvalue weighted by molar-refractivity contribution is -0.124. The van der Waals surface area contributed by atoms with Gasteiger partial charge in [-0.3, -0.25) is 4.79 Å². The molecule has 132 valence electrons. The van der Waals surface area contributed by atoms with Gasteiger partial charge in [0.05, 0.1) is 12.2 Å². The zero-order valence-electron chi connectivity index (χ0n) is 13.3. The van der Waals surface area contributed by atoms with E-state index in [1.807, 2.05) is 0 Å². The quantitative estimate of drug-likeness (QED) is 0.776. The molecule has 1 unspecified atom stereocenters. The number of nitrogens with one attached hydrogen (secondary N) is 3. The van der Waals surface area contributed by atoms with Crippen molar-refractivity contribution in [1.29, 1.82) is 0 Å². The lowest BCUT2D eigenvalue weighted by Gasteiger charge is -2.22. The Bertz CT molecular complexity index is 772. The average molecular weight is 349 g/mol. The van der Waals surface area contributed by atoms with Gasteiger partial charge in [0.25, 0.3) is 0 Å². The third-order valence-corrected chi connectivity index (χ3v) is 3.83. The van der Waals surface area contributed by atoms with Crippen LogP contribution in [0.3, 0.4) is 0 Å². The number of hydrogen-bond donors (Lipinski definition) is 3. The number of nitrogens with zero attached hydrogens (tertiary/aromatic N) is 2. The zero-order valence-corrected chi connectivity index (χ0v) is 13.3. The first-order chi connectivity index (χ1) is 12.0. The number of urea groups is 1. The fraction of sp³-hybridized carbons (Fsp3) is 0.312. The molecule has 1 saturated heterocycles. The molecule has 7 nitrogen and oxygen atoms in total. The van der Waals surface area contributed by atoms with Gasteiger partial charge in [-0.25, -0.2) is 18.3 Å². The van der Waals surface area contributed by atoms with Crippen LogP contribution in [0, 0.1) is 11.6 Å². The summed E-state index contributed by atoms with van der Waals surface area (Å²) in [7, 11) is 0. The van der Waals surface area contributed by atoms with E-state index < -0.39 is 23.7 Å². The molecule has 3 amide bonds. The van der Waals surface area contributed by atoms with Gasteiger partial charge in [-0.05, 0) is 31.0 Å². The highest BCUT2D eigenvalue weighted by Crippen LogP contribution is 2.16. The van der Waals surface area contributed by atoms with E-state index in [1.54, 1.807) is 6.07 Å². The van der Waals surface area contributed by atoms with Gasteiger partial charge < -0.3 is 16.0 Å². The third-order valence-electron chi connectivity index (χ3n) is 3.83. The van der Waals surface area contributed by atoms with E-state index in [0.717, 1.165) is 23.2 Å². The summed E-state index contributed by atoms with van der Waals surface area (Å²) < 4.78 is 28.6. The van der Waals surface area contributed by atoms with Crippen molar-refractivity contribution in [3.05, 3.63) is 47.8 Å². The summed E-state index contributed by atoms with van der Waals surface area (Å²) in [5.74, 6) is -1.67. The Hall–Kier alpha value is -2.97. The van der Waals surface area contributed by atoms with E-state index in [1.165, 1.54) is 12.3 Å². The van der Waals surface area contributed by atoms with Crippen LogP contribution in [0.4, 0.5) is 13.6 Å². The van der Waals surface area contributed by atoms with Gasteiger partial charge in [0, 0.05) is 12.7 Å². The first kappa shape index (κ1) is 16.9. The monoisotopic (exact) mass is 349 g/mol. The molecule has 1 atom stereocenters. The first-order valence-corrected chi connectivity index (χ1v) is 7.85. The zero-order chi connectivity index (χ0) is 17.8. The largest absolute Gasteiger partial charge is 0.354 e. The summed E-state index contributed by atoms with van der Waals surface area (Å²) >= 11 is 0. The van der Waals surface area contributed by atoms with Crippen LogP contribution in [0.1, 0.15) is 18.5 Å². The molecule has 0 aliphatic carbocycles. The second kappa shape index (κ2) is 7.29. The molecule has 1 aromatic heterocycles. The number of halogens is 2. The molecule has 2 heterocycles. The number of hydrogen-bond acceptors (Lipinski definition) is 3. The van der Waals surface area contributed by atoms with Gasteiger partial charge in [0.2, 0.25) is 5.91 Å². The van der Waals surface area contributed by atoms with Crippen molar-refractivity contribution in [3.63, 3.8) is 0 Å². The summed E-state index contributed by atoms with van der Waals surface area (Å²) in [6.45, 7) is 0.673. The topological polar surface area (TPSA) is 88.1 Å². The minimum absolute atomic E-state index is 0.0588. The maximum absolute atomic E-state index is 13.7. The van der Waals surface area contributed by atoms with Crippen LogP contribution in [0.5, 0.6) is 0 Å². The fourth-order valence-corrected chi connectivity index (χ4v) is 2.58. The number of benzene rings is 1. The van der Waals surface area contributed by atoms with Crippen molar-refractivity contribution in [2.45, 2.75) is 25.4 Å². The minimum atomic E-state index is -0.733. The molecule has 25 heavy (non-hydrogen) atoms. The van der Waals surface area contributed by atoms with Gasteiger partial charge in [-0.1, -0.05) is 6.07 Å². The van der Waals surface area contributed by atoms with Crippen LogP contribution < -0.4 is 16.0 Å². The van der Waals surface area contributed by atoms with Gasteiger partial charge in [0.1, 0.15) is 11.7 Å². The highest BCUT2D eigenvalue weighted by atomic mass is 19.1. The Morgan fingerprint density at radius 1 is 1.32 bits per heavy atom. The molecule has 0 saturated carbocycles. The van der Waals surface area contributed by atoms with Crippen LogP contribution >= 0.6 is 0 Å². The number of amides is 3. The predicted molar refractivity (Wildman–Crippen MR) is 84.9 cm³/mol. The van der Waals surface area contributed by atoms with Crippen molar-refractivity contribution < 1.29 is 18.4 Å². The lowest BCUT2D eigenvalue weighted by atomic mass is 10.1. The van der Waals surface area contributed by atoms with E-state index in [9.17, 15) is 18.4 Å². The Balaban J connectivity index is 1.58. The first-order valence-electron chi connectivity index (χ1n) is 7.85. The molecule has 1 fully saturated rings. The Kier molecular flexibility index (Phi) is 4.92. The molecular weight excluding hydrogens is 332 g/mol. The number of rotatable bonds is 4. The summed E-state index contributed by atoms with van der Waals surface area (Å²) in [6, 6.07) is 4.03. The number of carbonyl (C=O) groups excluding carboxylic acids is 2. The number of carbonyl (C=O) groups is 2. The second-order valence-electron chi connectivity index (χ2n) is 5.63. The molecule has 3 rings (SSSR count). The van der Waals surface area contributed by atoms with E-state index in [4.69, 9.17) is 0 Å². The highest BCUT2D eigenvalue weighted by Gasteiger charge is 2.23. The van der Waals surface area contributed by atoms with Crippen molar-refractivity contribution in [1.82, 2.24) is 25.7 Å². The van der Waals surface area contributed by atoms with Crippen LogP contribution in [0.15, 0.2) is 30.5 Å². The van der Waals surface area contributed by atoms with Crippen molar-refractivity contribution in [3.8, 4) is 5.69 Å². The fourth-order valence-electron chi connectivity index (χ4n) is 2.58. The van der Waals surface area contributed by atoms with E-state index in [2.05, 4.69) is 21.0 Å². The molecule has 2 aromatic rings. The molecule has 0 radical (unpaired) electrons. The molecule has 0 bridgehead atoms. The van der Waals surface area contributed by atoms with E-state index in [0.29, 0.717) is 18.7 Å². The summed E-state index contributed by atoms with van der Waals surface area (Å²) in [4.78, 5) is 23.4. The van der Waals surface area contributed by atoms with Gasteiger partial charge in [-0.2, -0.15) is 5.10 Å². The molecule has 1 aromatic carbocycles. The number of piperidine rings is 1. The second-order valence-corrected chi connectivity index (χ2v) is 5.63. The third kappa shape index (κ3) is 3.93. The SMILES string of the molecule is O=C(NCc1ccn(-c2c(F)cccc2F)n1)NC1CCCNC1=O. The summed E-state index contributed by atoms with van der Waals surface area (Å²) in [6.07, 6.45) is 2.79. The molecule has 0 spiro atoms. The molecule has 3 N–H and O–H groups in total. The molecule has 1 aliphatic heterocycles. The normalized spacial score (nSPS) is 17.0. The Morgan fingerprint density at radius 2 is 2.08 bits per heavy atom. The predicted octanol–water partition coefficient (Wildman–Crippen LogP) is 1.23. The minimum Gasteiger partial charge on any atom is -0.354 e. The molecule has 9 heteroatoms. The standard InChI is InChI=1S/C16H17F2N5O2/c17-11-3-1-4-12(18)14(11)23-8-6-10(22-23)9-20-16(25)21-13-5-2-7-19-15(13)24/h1,3-4,6,8,13H,2,5,7,9H2,(H,19,24)(H2,20,21,25). The summed E-state index contributed by atoms with van der Waals surface area (Å²) in [5.41, 5.74) is 0.142. The van der Waals surface area contributed by atoms with Crippen LogP contribution in [0.2, 0.25) is 0 Å². The van der Waals surface area contributed by atoms with E-state index in [-0.39, 0.29) is 18.1 Å². The van der Waals surface area contributed by atoms with Crippen molar-refractivity contribution in [2.75, 3.05) is 6.54 Å².